The number of ether oxygens (including phenoxy) is 1. The first-order valence-corrected chi connectivity index (χ1v) is 9.53. The number of aryl methyl sites for hydroxylation is 1. The topological polar surface area (TPSA) is 71.7 Å². The van der Waals surface area contributed by atoms with E-state index in [9.17, 15) is 4.79 Å². The second-order valence-electron chi connectivity index (χ2n) is 7.14. The maximum absolute atomic E-state index is 13.2. The predicted octanol–water partition coefficient (Wildman–Crippen LogP) is 2.73. The molecule has 7 nitrogen and oxygen atoms in total. The van der Waals surface area contributed by atoms with Crippen molar-refractivity contribution >= 4 is 11.9 Å². The number of hydrogen-bond acceptors (Lipinski definition) is 6. The normalized spacial score (nSPS) is 15.9. The molecular formula is C20H28N4O3. The van der Waals surface area contributed by atoms with Crippen LogP contribution in [0.2, 0.25) is 0 Å². The summed E-state index contributed by atoms with van der Waals surface area (Å²) in [5.41, 5.74) is 1.03. The monoisotopic (exact) mass is 372 g/mol. The van der Waals surface area contributed by atoms with E-state index in [1.165, 1.54) is 0 Å². The molecule has 27 heavy (non-hydrogen) atoms. The third kappa shape index (κ3) is 4.23. The number of nitrogens with zero attached hydrogens (tertiary/aromatic N) is 4. The van der Waals surface area contributed by atoms with Crippen molar-refractivity contribution < 1.29 is 13.9 Å². The molecule has 0 bridgehead atoms. The van der Waals surface area contributed by atoms with Crippen LogP contribution in [0.3, 0.4) is 0 Å². The van der Waals surface area contributed by atoms with Gasteiger partial charge in [-0.15, -0.1) is 5.10 Å². The zero-order chi connectivity index (χ0) is 19.4. The first kappa shape index (κ1) is 19.2. The Morgan fingerprint density at radius 3 is 2.33 bits per heavy atom. The fraction of sp³-hybridized carbons (Fsp3) is 0.550. The van der Waals surface area contributed by atoms with Gasteiger partial charge in [-0.05, 0) is 23.6 Å². The van der Waals surface area contributed by atoms with Gasteiger partial charge in [0.1, 0.15) is 5.75 Å². The molecule has 1 unspecified atom stereocenters. The first-order valence-electron chi connectivity index (χ1n) is 9.53. The minimum Gasteiger partial charge on any atom is -0.497 e. The average molecular weight is 372 g/mol. The van der Waals surface area contributed by atoms with Crippen molar-refractivity contribution in [1.29, 1.82) is 0 Å². The lowest BCUT2D eigenvalue weighted by molar-refractivity contribution is -0.134. The number of aromatic nitrogens is 2. The second-order valence-corrected chi connectivity index (χ2v) is 7.14. The molecule has 1 fully saturated rings. The van der Waals surface area contributed by atoms with Crippen molar-refractivity contribution in [2.24, 2.45) is 5.92 Å². The lowest BCUT2D eigenvalue weighted by Crippen LogP contribution is -2.50. The summed E-state index contributed by atoms with van der Waals surface area (Å²) in [6.45, 7) is 8.87. The predicted molar refractivity (Wildman–Crippen MR) is 103 cm³/mol. The fourth-order valence-electron chi connectivity index (χ4n) is 3.45. The van der Waals surface area contributed by atoms with E-state index in [-0.39, 0.29) is 17.7 Å². The minimum atomic E-state index is -0.155. The number of piperazine rings is 1. The largest absolute Gasteiger partial charge is 0.497 e. The van der Waals surface area contributed by atoms with Gasteiger partial charge in [0.25, 0.3) is 0 Å². The highest BCUT2D eigenvalue weighted by Gasteiger charge is 2.31. The van der Waals surface area contributed by atoms with Gasteiger partial charge in [-0.25, -0.2) is 0 Å². The lowest BCUT2D eigenvalue weighted by Gasteiger charge is -2.36. The molecule has 1 aromatic carbocycles. The van der Waals surface area contributed by atoms with Crippen LogP contribution in [-0.2, 0) is 11.2 Å². The molecule has 1 aliphatic rings. The van der Waals surface area contributed by atoms with Crippen molar-refractivity contribution in [3.8, 4) is 5.75 Å². The standard InChI is InChI=1S/C20H28N4O3/c1-5-17-21-22-20(27-17)24-12-10-23(11-13-24)19(25)18(14(2)3)15-6-8-16(26-4)9-7-15/h6-9,14,18H,5,10-13H2,1-4H3. The molecule has 1 saturated heterocycles. The van der Waals surface area contributed by atoms with Crippen molar-refractivity contribution in [2.45, 2.75) is 33.1 Å². The fourth-order valence-corrected chi connectivity index (χ4v) is 3.45. The highest BCUT2D eigenvalue weighted by atomic mass is 16.5. The van der Waals surface area contributed by atoms with Gasteiger partial charge >= 0.3 is 6.01 Å². The quantitative estimate of drug-likeness (QED) is 0.776. The van der Waals surface area contributed by atoms with Gasteiger partial charge < -0.3 is 19.0 Å². The zero-order valence-electron chi connectivity index (χ0n) is 16.5. The molecular weight excluding hydrogens is 344 g/mol. The van der Waals surface area contributed by atoms with Crippen molar-refractivity contribution in [2.75, 3.05) is 38.2 Å². The van der Waals surface area contributed by atoms with E-state index >= 15 is 0 Å². The van der Waals surface area contributed by atoms with Gasteiger partial charge in [0.05, 0.1) is 13.0 Å². The van der Waals surface area contributed by atoms with E-state index in [0.717, 1.165) is 17.7 Å². The number of benzene rings is 1. The molecule has 2 aromatic rings. The van der Waals surface area contributed by atoms with Crippen LogP contribution in [0, 0.1) is 5.92 Å². The summed E-state index contributed by atoms with van der Waals surface area (Å²) in [6, 6.07) is 8.35. The van der Waals surface area contributed by atoms with Gasteiger partial charge in [-0.3, -0.25) is 4.79 Å². The highest BCUT2D eigenvalue weighted by Crippen LogP contribution is 2.29. The summed E-state index contributed by atoms with van der Waals surface area (Å²) >= 11 is 0. The lowest BCUT2D eigenvalue weighted by atomic mass is 9.87. The maximum Gasteiger partial charge on any atom is 0.318 e. The van der Waals surface area contributed by atoms with Gasteiger partial charge in [-0.1, -0.05) is 38.0 Å². The smallest absolute Gasteiger partial charge is 0.318 e. The van der Waals surface area contributed by atoms with Crippen LogP contribution in [0.1, 0.15) is 38.1 Å². The Morgan fingerprint density at radius 1 is 1.15 bits per heavy atom. The van der Waals surface area contributed by atoms with E-state index in [4.69, 9.17) is 9.15 Å². The Balaban J connectivity index is 1.66. The zero-order valence-corrected chi connectivity index (χ0v) is 16.5. The van der Waals surface area contributed by atoms with E-state index in [0.29, 0.717) is 38.1 Å². The second kappa shape index (κ2) is 8.41. The van der Waals surface area contributed by atoms with Gasteiger partial charge in [0.2, 0.25) is 11.8 Å². The first-order chi connectivity index (χ1) is 13.0. The molecule has 0 N–H and O–H groups in total. The molecule has 0 radical (unpaired) electrons. The molecule has 7 heteroatoms. The number of hydrogen-bond donors (Lipinski definition) is 0. The Kier molecular flexibility index (Phi) is 5.98. The van der Waals surface area contributed by atoms with Gasteiger partial charge in [0.15, 0.2) is 0 Å². The van der Waals surface area contributed by atoms with E-state index in [1.54, 1.807) is 7.11 Å². The molecule has 0 spiro atoms. The molecule has 1 aromatic heterocycles. The number of rotatable bonds is 6. The Labute approximate surface area is 160 Å². The summed E-state index contributed by atoms with van der Waals surface area (Å²) in [5.74, 6) is 1.68. The number of carbonyl (C=O) groups excluding carboxylic acids is 1. The van der Waals surface area contributed by atoms with E-state index < -0.39 is 0 Å². The summed E-state index contributed by atoms with van der Waals surface area (Å²) in [4.78, 5) is 17.2. The number of methoxy groups -OCH3 is 1. The average Bonchev–Trinajstić information content (AvgIpc) is 3.18. The minimum absolute atomic E-state index is 0.155. The molecule has 1 amide bonds. The van der Waals surface area contributed by atoms with Crippen LogP contribution in [0.15, 0.2) is 28.7 Å². The van der Waals surface area contributed by atoms with Crippen LogP contribution in [0.25, 0.3) is 0 Å². The van der Waals surface area contributed by atoms with Crippen LogP contribution >= 0.6 is 0 Å². The van der Waals surface area contributed by atoms with E-state index in [2.05, 4.69) is 24.0 Å². The third-order valence-electron chi connectivity index (χ3n) is 5.03. The van der Waals surface area contributed by atoms with Crippen LogP contribution in [-0.4, -0.2) is 54.3 Å². The Bertz CT molecular complexity index is 749. The maximum atomic E-state index is 13.2. The summed E-state index contributed by atoms with van der Waals surface area (Å²) in [6.07, 6.45) is 0.726. The van der Waals surface area contributed by atoms with Crippen LogP contribution in [0.5, 0.6) is 5.75 Å². The number of anilines is 1. The summed E-state index contributed by atoms with van der Waals surface area (Å²) in [5, 5.41) is 8.12. The molecule has 146 valence electrons. The summed E-state index contributed by atoms with van der Waals surface area (Å²) in [7, 11) is 1.65. The van der Waals surface area contributed by atoms with E-state index in [1.807, 2.05) is 41.0 Å². The highest BCUT2D eigenvalue weighted by molar-refractivity contribution is 5.84. The van der Waals surface area contributed by atoms with Crippen molar-refractivity contribution in [1.82, 2.24) is 15.1 Å². The van der Waals surface area contributed by atoms with Crippen molar-refractivity contribution in [3.05, 3.63) is 35.7 Å². The molecule has 2 heterocycles. The summed E-state index contributed by atoms with van der Waals surface area (Å²) < 4.78 is 10.9. The SMILES string of the molecule is CCc1nnc(N2CCN(C(=O)C(c3ccc(OC)cc3)C(C)C)CC2)o1. The van der Waals surface area contributed by atoms with Gasteiger partial charge in [-0.2, -0.15) is 0 Å². The molecule has 1 atom stereocenters. The van der Waals surface area contributed by atoms with Crippen LogP contribution in [0.4, 0.5) is 6.01 Å². The van der Waals surface area contributed by atoms with Crippen LogP contribution < -0.4 is 9.64 Å². The molecule has 0 saturated carbocycles. The molecule has 0 aliphatic carbocycles. The number of carbonyl (C=O) groups is 1. The Morgan fingerprint density at radius 2 is 1.81 bits per heavy atom. The molecule has 1 aliphatic heterocycles. The van der Waals surface area contributed by atoms with Crippen molar-refractivity contribution in [3.63, 3.8) is 0 Å². The molecule has 3 rings (SSSR count). The van der Waals surface area contributed by atoms with Gasteiger partial charge in [0, 0.05) is 32.6 Å². The third-order valence-corrected chi connectivity index (χ3v) is 5.03. The number of amides is 1. The Hall–Kier alpha value is -2.57.